The van der Waals surface area contributed by atoms with Gasteiger partial charge in [0.25, 0.3) is 0 Å². The van der Waals surface area contributed by atoms with Crippen LogP contribution in [0.5, 0.6) is 0 Å². The molecule has 13 aromatic rings. The van der Waals surface area contributed by atoms with Crippen molar-refractivity contribution in [2.75, 3.05) is 0 Å². The van der Waals surface area contributed by atoms with Crippen molar-refractivity contribution in [2.45, 2.75) is 0 Å². The highest BCUT2D eigenvalue weighted by Crippen LogP contribution is 2.50. The third kappa shape index (κ3) is 3.53. The maximum Gasteiger partial charge on any atom is 0.135 e. The lowest BCUT2D eigenvalue weighted by molar-refractivity contribution is 0.668. The van der Waals surface area contributed by atoms with Gasteiger partial charge in [-0.15, -0.1) is 0 Å². The molecule has 3 heteroatoms. The molecule has 0 spiro atoms. The summed E-state index contributed by atoms with van der Waals surface area (Å²) in [5.41, 5.74) is 12.2. The van der Waals surface area contributed by atoms with Gasteiger partial charge in [-0.05, 0) is 92.3 Å². The normalized spacial score (nSPS) is 12.5. The van der Waals surface area contributed by atoms with E-state index in [0.717, 1.165) is 43.9 Å². The maximum absolute atomic E-state index is 6.27. The molecule has 9 aromatic carbocycles. The van der Waals surface area contributed by atoms with Crippen LogP contribution in [0.25, 0.3) is 126 Å². The zero-order chi connectivity index (χ0) is 34.4. The molecule has 4 heterocycles. The van der Waals surface area contributed by atoms with Crippen molar-refractivity contribution < 1.29 is 8.83 Å². The number of furan rings is 2. The molecule has 0 bridgehead atoms. The van der Waals surface area contributed by atoms with Crippen LogP contribution in [0.3, 0.4) is 0 Å². The Labute approximate surface area is 301 Å². The van der Waals surface area contributed by atoms with Gasteiger partial charge in [0, 0.05) is 43.1 Å². The van der Waals surface area contributed by atoms with E-state index in [9.17, 15) is 0 Å². The van der Waals surface area contributed by atoms with Gasteiger partial charge in [-0.2, -0.15) is 0 Å². The number of fused-ring (bicyclic) bond motifs is 14. The lowest BCUT2D eigenvalue weighted by Gasteiger charge is -2.13. The van der Waals surface area contributed by atoms with Crippen LogP contribution in [-0.2, 0) is 0 Å². The minimum atomic E-state index is 0.909. The van der Waals surface area contributed by atoms with E-state index in [4.69, 9.17) is 8.83 Å². The molecule has 0 fully saturated rings. The fourth-order valence-electron chi connectivity index (χ4n) is 9.48. The summed E-state index contributed by atoms with van der Waals surface area (Å²) in [5, 5.41) is 14.6. The van der Waals surface area contributed by atoms with Crippen LogP contribution in [-0.4, -0.2) is 4.40 Å². The first-order chi connectivity index (χ1) is 26.3. The van der Waals surface area contributed by atoms with Crippen LogP contribution in [0.1, 0.15) is 0 Å². The highest BCUT2D eigenvalue weighted by Gasteiger charge is 2.25. The predicted molar refractivity (Wildman–Crippen MR) is 222 cm³/mol. The lowest BCUT2D eigenvalue weighted by Crippen LogP contribution is -1.89. The molecule has 4 aromatic heterocycles. The van der Waals surface area contributed by atoms with E-state index >= 15 is 0 Å². The summed E-state index contributed by atoms with van der Waals surface area (Å²) in [4.78, 5) is 0. The molecule has 0 saturated carbocycles. The average molecular weight is 674 g/mol. The van der Waals surface area contributed by atoms with Crippen LogP contribution in [0, 0.1) is 0 Å². The summed E-state index contributed by atoms with van der Waals surface area (Å²) >= 11 is 0. The van der Waals surface area contributed by atoms with E-state index < -0.39 is 0 Å². The van der Waals surface area contributed by atoms with Gasteiger partial charge in [-0.25, -0.2) is 0 Å². The topological polar surface area (TPSA) is 30.7 Å². The second-order valence-corrected chi connectivity index (χ2v) is 14.4. The third-order valence-corrected chi connectivity index (χ3v) is 11.7. The number of hydrogen-bond acceptors (Lipinski definition) is 2. The Morgan fingerprint density at radius 1 is 0.321 bits per heavy atom. The molecule has 0 unspecified atom stereocenters. The van der Waals surface area contributed by atoms with E-state index in [1.165, 1.54) is 81.9 Å². The molecule has 0 aliphatic rings. The second kappa shape index (κ2) is 9.81. The highest BCUT2D eigenvalue weighted by atomic mass is 16.3. The minimum Gasteiger partial charge on any atom is -0.456 e. The Balaban J connectivity index is 1.20. The average Bonchev–Trinajstić information content (AvgIpc) is 3.95. The quantitative estimate of drug-likeness (QED) is 0.183. The monoisotopic (exact) mass is 673 g/mol. The Morgan fingerprint density at radius 2 is 0.736 bits per heavy atom. The molecule has 0 N–H and O–H groups in total. The summed E-state index contributed by atoms with van der Waals surface area (Å²) in [5.74, 6) is 0. The van der Waals surface area contributed by atoms with E-state index in [1.807, 2.05) is 12.1 Å². The minimum absolute atomic E-state index is 0.909. The SMILES string of the molecule is c1ccc2c(-c3ccc4oc5ccccc5c4c3)c3c4cccc5c6c(-c7ccc8oc9ccccc9c8c7)c7ccccc7cc6n(c3cc2c1)c45. The first kappa shape index (κ1) is 27.6. The maximum atomic E-state index is 6.27. The number of rotatable bonds is 2. The van der Waals surface area contributed by atoms with Gasteiger partial charge >= 0.3 is 0 Å². The molecular weight excluding hydrogens is 647 g/mol. The second-order valence-electron chi connectivity index (χ2n) is 14.4. The van der Waals surface area contributed by atoms with Crippen LogP contribution >= 0.6 is 0 Å². The van der Waals surface area contributed by atoms with Crippen molar-refractivity contribution in [1.29, 1.82) is 0 Å². The highest BCUT2D eigenvalue weighted by molar-refractivity contribution is 6.33. The van der Waals surface area contributed by atoms with E-state index in [2.05, 4.69) is 156 Å². The lowest BCUT2D eigenvalue weighted by atomic mass is 9.90. The molecule has 0 atom stereocenters. The van der Waals surface area contributed by atoms with E-state index in [-0.39, 0.29) is 0 Å². The molecule has 244 valence electrons. The van der Waals surface area contributed by atoms with Crippen molar-refractivity contribution in [1.82, 2.24) is 4.40 Å². The molecular formula is C50H27NO2. The van der Waals surface area contributed by atoms with Crippen molar-refractivity contribution in [3.05, 3.63) is 164 Å². The Morgan fingerprint density at radius 3 is 1.25 bits per heavy atom. The Hall–Kier alpha value is -7.10. The number of hydrogen-bond donors (Lipinski definition) is 0. The Kier molecular flexibility index (Phi) is 5.11. The summed E-state index contributed by atoms with van der Waals surface area (Å²) in [7, 11) is 0. The first-order valence-corrected chi connectivity index (χ1v) is 18.2. The van der Waals surface area contributed by atoms with Gasteiger partial charge in [0.1, 0.15) is 22.3 Å². The van der Waals surface area contributed by atoms with Gasteiger partial charge in [-0.3, -0.25) is 0 Å². The van der Waals surface area contributed by atoms with Crippen LogP contribution in [0.2, 0.25) is 0 Å². The third-order valence-electron chi connectivity index (χ3n) is 11.7. The number of para-hydroxylation sites is 3. The van der Waals surface area contributed by atoms with Gasteiger partial charge in [0.05, 0.1) is 16.6 Å². The van der Waals surface area contributed by atoms with Crippen molar-refractivity contribution in [3.63, 3.8) is 0 Å². The van der Waals surface area contributed by atoms with E-state index in [1.54, 1.807) is 0 Å². The number of nitrogens with zero attached hydrogens (tertiary/aromatic N) is 1. The van der Waals surface area contributed by atoms with Gasteiger partial charge in [0.2, 0.25) is 0 Å². The summed E-state index contributed by atoms with van der Waals surface area (Å²) in [6.07, 6.45) is 0. The fourth-order valence-corrected chi connectivity index (χ4v) is 9.48. The van der Waals surface area contributed by atoms with Crippen LogP contribution in [0.15, 0.2) is 173 Å². The molecule has 0 aliphatic heterocycles. The standard InChI is InChI=1S/C50H27NO2/c1-3-12-32-28(10-1)26-40-48(46(32)30-20-22-44-38(24-30)34-14-5-7-18-42(34)52-44)36-16-9-17-37-49-41(51(40)50(36)37)27-29-11-2-4-13-33(29)47(49)31-21-23-45-39(25-31)35-15-6-8-19-43(35)53-45/h1-27H. The molecule has 0 amide bonds. The van der Waals surface area contributed by atoms with Gasteiger partial charge in [0.15, 0.2) is 0 Å². The smallest absolute Gasteiger partial charge is 0.135 e. The van der Waals surface area contributed by atoms with Crippen molar-refractivity contribution in [2.24, 2.45) is 0 Å². The van der Waals surface area contributed by atoms with E-state index in [0.29, 0.717) is 0 Å². The largest absolute Gasteiger partial charge is 0.456 e. The summed E-state index contributed by atoms with van der Waals surface area (Å²) in [6.45, 7) is 0. The molecule has 0 aliphatic carbocycles. The predicted octanol–water partition coefficient (Wildman–Crippen LogP) is 14.3. The van der Waals surface area contributed by atoms with Crippen LogP contribution in [0.4, 0.5) is 0 Å². The van der Waals surface area contributed by atoms with Crippen molar-refractivity contribution in [3.8, 4) is 22.3 Å². The summed E-state index contributed by atoms with van der Waals surface area (Å²) in [6, 6.07) is 59.4. The molecule has 0 saturated heterocycles. The molecule has 53 heavy (non-hydrogen) atoms. The first-order valence-electron chi connectivity index (χ1n) is 18.2. The van der Waals surface area contributed by atoms with Crippen LogP contribution < -0.4 is 0 Å². The van der Waals surface area contributed by atoms with Gasteiger partial charge in [-0.1, -0.05) is 115 Å². The zero-order valence-corrected chi connectivity index (χ0v) is 28.4. The molecule has 3 nitrogen and oxygen atoms in total. The number of benzene rings is 9. The number of aromatic nitrogens is 1. The van der Waals surface area contributed by atoms with Gasteiger partial charge < -0.3 is 13.2 Å². The molecule has 13 rings (SSSR count). The molecule has 0 radical (unpaired) electrons. The fraction of sp³-hybridized carbons (Fsp3) is 0. The Bertz CT molecular complexity index is 3450. The zero-order valence-electron chi connectivity index (χ0n) is 28.4. The van der Waals surface area contributed by atoms with Crippen molar-refractivity contribution >= 4 is 104 Å². The summed E-state index contributed by atoms with van der Waals surface area (Å²) < 4.78 is 15.1.